The highest BCUT2D eigenvalue weighted by Gasteiger charge is 2.24. The number of hydrogen-bond donors (Lipinski definition) is 2. The topological polar surface area (TPSA) is 98.1 Å². The molecule has 1 saturated carbocycles. The number of methoxy groups -OCH3 is 1. The molecule has 1 aromatic heterocycles. The average molecular weight is 466 g/mol. The molecule has 0 saturated heterocycles. The summed E-state index contributed by atoms with van der Waals surface area (Å²) in [5, 5.41) is 14.5. The van der Waals surface area contributed by atoms with E-state index in [0.717, 1.165) is 35.4 Å². The number of amides is 3. The Morgan fingerprint density at radius 2 is 1.85 bits per heavy atom. The molecule has 3 aromatic rings. The molecule has 9 heteroatoms. The van der Waals surface area contributed by atoms with Gasteiger partial charge in [-0.05, 0) is 54.7 Å². The van der Waals surface area contributed by atoms with E-state index in [1.807, 2.05) is 47.0 Å². The van der Waals surface area contributed by atoms with Crippen LogP contribution in [-0.4, -0.2) is 45.6 Å². The molecule has 1 aliphatic rings. The third kappa shape index (κ3) is 5.54. The Morgan fingerprint density at radius 1 is 1.12 bits per heavy atom. The first kappa shape index (κ1) is 22.8. The third-order valence-corrected chi connectivity index (χ3v) is 6.21. The van der Waals surface area contributed by atoms with Gasteiger partial charge in [0.15, 0.2) is 11.0 Å². The molecule has 0 unspecified atom stereocenters. The maximum absolute atomic E-state index is 12.3. The number of carbonyl (C=O) groups excluding carboxylic acids is 2. The number of benzene rings is 2. The maximum Gasteiger partial charge on any atom is 0.321 e. The van der Waals surface area contributed by atoms with Crippen LogP contribution in [-0.2, 0) is 4.79 Å². The normalized spacial score (nSPS) is 13.1. The fraction of sp³-hybridized carbons (Fsp3) is 0.333. The molecule has 2 aromatic carbocycles. The molecule has 1 fully saturated rings. The summed E-state index contributed by atoms with van der Waals surface area (Å²) in [5.41, 5.74) is 2.97. The van der Waals surface area contributed by atoms with E-state index in [9.17, 15) is 9.59 Å². The van der Waals surface area contributed by atoms with Crippen LogP contribution < -0.4 is 15.4 Å². The number of rotatable bonds is 8. The van der Waals surface area contributed by atoms with E-state index >= 15 is 0 Å². The molecular weight excluding hydrogens is 438 g/mol. The van der Waals surface area contributed by atoms with Crippen LogP contribution in [0.2, 0.25) is 0 Å². The molecule has 4 rings (SSSR count). The number of nitrogens with zero attached hydrogens (tertiary/aromatic N) is 3. The quantitative estimate of drug-likeness (QED) is 0.485. The Morgan fingerprint density at radius 3 is 2.52 bits per heavy atom. The second-order valence-corrected chi connectivity index (χ2v) is 9.11. The number of thioether (sulfide) groups is 1. The molecule has 0 bridgehead atoms. The van der Waals surface area contributed by atoms with Crippen LogP contribution in [0.1, 0.15) is 38.2 Å². The first-order valence-electron chi connectivity index (χ1n) is 10.9. The van der Waals surface area contributed by atoms with Crippen molar-refractivity contribution in [3.05, 3.63) is 54.1 Å². The summed E-state index contributed by atoms with van der Waals surface area (Å²) in [6.45, 7) is 4.27. The second-order valence-electron chi connectivity index (χ2n) is 8.17. The van der Waals surface area contributed by atoms with Gasteiger partial charge in [0.05, 0.1) is 18.6 Å². The monoisotopic (exact) mass is 465 g/mol. The molecule has 0 radical (unpaired) electrons. The number of hydrogen-bond acceptors (Lipinski definition) is 6. The number of imide groups is 1. The average Bonchev–Trinajstić information content (AvgIpc) is 3.52. The lowest BCUT2D eigenvalue weighted by atomic mass is 10.0. The van der Waals surface area contributed by atoms with Gasteiger partial charge in [-0.15, -0.1) is 10.2 Å². The summed E-state index contributed by atoms with van der Waals surface area (Å²) in [4.78, 5) is 24.2. The predicted octanol–water partition coefficient (Wildman–Crippen LogP) is 4.15. The summed E-state index contributed by atoms with van der Waals surface area (Å²) in [7, 11) is 1.63. The number of para-hydroxylation sites is 1. The zero-order valence-electron chi connectivity index (χ0n) is 18.9. The minimum absolute atomic E-state index is 0.0443. The van der Waals surface area contributed by atoms with Crippen molar-refractivity contribution in [3.63, 3.8) is 0 Å². The van der Waals surface area contributed by atoms with E-state index in [0.29, 0.717) is 11.0 Å². The van der Waals surface area contributed by atoms with E-state index < -0.39 is 6.03 Å². The first-order valence-corrected chi connectivity index (χ1v) is 11.9. The minimum atomic E-state index is -0.450. The van der Waals surface area contributed by atoms with Gasteiger partial charge in [-0.2, -0.15) is 0 Å². The van der Waals surface area contributed by atoms with Gasteiger partial charge in [0.1, 0.15) is 5.75 Å². The van der Waals surface area contributed by atoms with Crippen molar-refractivity contribution >= 4 is 23.7 Å². The van der Waals surface area contributed by atoms with Crippen molar-refractivity contribution < 1.29 is 14.3 Å². The zero-order chi connectivity index (χ0) is 23.4. The van der Waals surface area contributed by atoms with Gasteiger partial charge in [0.25, 0.3) is 0 Å². The number of nitrogens with one attached hydrogen (secondary N) is 2. The van der Waals surface area contributed by atoms with E-state index in [2.05, 4.69) is 40.7 Å². The largest absolute Gasteiger partial charge is 0.497 e. The van der Waals surface area contributed by atoms with Crippen LogP contribution in [0, 0.1) is 0 Å². The summed E-state index contributed by atoms with van der Waals surface area (Å²) in [6, 6.07) is 15.4. The lowest BCUT2D eigenvalue weighted by molar-refractivity contribution is -0.117. The molecule has 3 amide bonds. The number of aromatic nitrogens is 3. The lowest BCUT2D eigenvalue weighted by Gasteiger charge is -2.17. The molecule has 0 atom stereocenters. The van der Waals surface area contributed by atoms with Gasteiger partial charge in [-0.3, -0.25) is 14.7 Å². The highest BCUT2D eigenvalue weighted by Crippen LogP contribution is 2.32. The first-order chi connectivity index (χ1) is 16.0. The molecule has 8 nitrogen and oxygen atoms in total. The van der Waals surface area contributed by atoms with Gasteiger partial charge in [0, 0.05) is 11.6 Å². The van der Waals surface area contributed by atoms with Crippen molar-refractivity contribution in [1.82, 2.24) is 25.4 Å². The Hall–Kier alpha value is -3.33. The maximum atomic E-state index is 12.3. The molecule has 172 valence electrons. The van der Waals surface area contributed by atoms with Crippen LogP contribution in [0.4, 0.5) is 4.79 Å². The molecule has 0 aliphatic heterocycles. The number of urea groups is 1. The van der Waals surface area contributed by atoms with Crippen molar-refractivity contribution in [1.29, 1.82) is 0 Å². The van der Waals surface area contributed by atoms with E-state index in [1.165, 1.54) is 11.8 Å². The summed E-state index contributed by atoms with van der Waals surface area (Å²) < 4.78 is 7.25. The van der Waals surface area contributed by atoms with Crippen LogP contribution in [0.3, 0.4) is 0 Å². The van der Waals surface area contributed by atoms with Crippen LogP contribution in [0.5, 0.6) is 5.75 Å². The Kier molecular flexibility index (Phi) is 6.98. The van der Waals surface area contributed by atoms with Crippen LogP contribution >= 0.6 is 11.8 Å². The van der Waals surface area contributed by atoms with Crippen LogP contribution in [0.25, 0.3) is 17.1 Å². The summed E-state index contributed by atoms with van der Waals surface area (Å²) in [6.07, 6.45) is 1.92. The molecular formula is C24H27N5O3S. The Labute approximate surface area is 197 Å². The fourth-order valence-corrected chi connectivity index (χ4v) is 4.17. The molecule has 33 heavy (non-hydrogen) atoms. The van der Waals surface area contributed by atoms with Gasteiger partial charge in [-0.25, -0.2) is 4.79 Å². The van der Waals surface area contributed by atoms with E-state index in [1.54, 1.807) is 7.11 Å². The van der Waals surface area contributed by atoms with Gasteiger partial charge >= 0.3 is 6.03 Å². The van der Waals surface area contributed by atoms with E-state index in [4.69, 9.17) is 4.74 Å². The standard InChI is InChI=1S/C24H27N5O3S/c1-15(2)19-6-4-5-7-20(19)29-22(16-8-12-18(32-3)13-9-16)27-28-24(29)33-14-21(30)26-23(31)25-17-10-11-17/h4-9,12-13,15,17H,10-11,14H2,1-3H3,(H2,25,26,30,31). The minimum Gasteiger partial charge on any atom is -0.497 e. The van der Waals surface area contributed by atoms with Gasteiger partial charge in [0.2, 0.25) is 5.91 Å². The highest BCUT2D eigenvalue weighted by atomic mass is 32.2. The zero-order valence-corrected chi connectivity index (χ0v) is 19.7. The van der Waals surface area contributed by atoms with Crippen LogP contribution in [0.15, 0.2) is 53.7 Å². The van der Waals surface area contributed by atoms with Crippen molar-refractivity contribution in [2.24, 2.45) is 0 Å². The summed E-state index contributed by atoms with van der Waals surface area (Å²) in [5.74, 6) is 1.36. The van der Waals surface area contributed by atoms with Crippen molar-refractivity contribution in [2.45, 2.75) is 43.8 Å². The van der Waals surface area contributed by atoms with Gasteiger partial charge < -0.3 is 10.1 Å². The van der Waals surface area contributed by atoms with Gasteiger partial charge in [-0.1, -0.05) is 43.8 Å². The van der Waals surface area contributed by atoms with Crippen molar-refractivity contribution in [3.8, 4) is 22.8 Å². The third-order valence-electron chi connectivity index (χ3n) is 5.28. The van der Waals surface area contributed by atoms with E-state index in [-0.39, 0.29) is 23.6 Å². The summed E-state index contributed by atoms with van der Waals surface area (Å²) >= 11 is 1.24. The highest BCUT2D eigenvalue weighted by molar-refractivity contribution is 7.99. The molecule has 0 spiro atoms. The molecule has 1 heterocycles. The van der Waals surface area contributed by atoms with Crippen molar-refractivity contribution in [2.75, 3.05) is 12.9 Å². The second kappa shape index (κ2) is 10.1. The SMILES string of the molecule is COc1ccc(-c2nnc(SCC(=O)NC(=O)NC3CC3)n2-c2ccccc2C(C)C)cc1. The fourth-order valence-electron chi connectivity index (χ4n) is 3.43. The molecule has 1 aliphatic carbocycles. The number of carbonyl (C=O) groups is 2. The smallest absolute Gasteiger partial charge is 0.321 e. The predicted molar refractivity (Wildman–Crippen MR) is 128 cm³/mol. The lowest BCUT2D eigenvalue weighted by Crippen LogP contribution is -2.41. The molecule has 2 N–H and O–H groups in total. The number of ether oxygens (including phenoxy) is 1. The Bertz CT molecular complexity index is 1140. The Balaban J connectivity index is 1.63.